The molecule has 0 bridgehead atoms. The third-order valence-corrected chi connectivity index (χ3v) is 6.83. The Morgan fingerprint density at radius 1 is 0.829 bits per heavy atom. The number of benzene rings is 3. The van der Waals surface area contributed by atoms with Gasteiger partial charge in [0.15, 0.2) is 11.5 Å². The highest BCUT2D eigenvalue weighted by atomic mass is 16.5. The molecular formula is C30H36N2O3. The number of nitrogens with zero attached hydrogens (tertiary/aromatic N) is 2. The van der Waals surface area contributed by atoms with Gasteiger partial charge in [0, 0.05) is 25.6 Å². The molecule has 0 radical (unpaired) electrons. The average molecular weight is 473 g/mol. The van der Waals surface area contributed by atoms with Gasteiger partial charge in [-0.1, -0.05) is 66.7 Å². The van der Waals surface area contributed by atoms with E-state index in [0.717, 1.165) is 56.9 Å². The molecule has 0 atom stereocenters. The van der Waals surface area contributed by atoms with Gasteiger partial charge in [-0.2, -0.15) is 0 Å². The van der Waals surface area contributed by atoms with Crippen molar-refractivity contribution in [3.8, 4) is 11.5 Å². The second kappa shape index (κ2) is 12.4. The minimum absolute atomic E-state index is 0.0798. The molecule has 0 saturated carbocycles. The van der Waals surface area contributed by atoms with Crippen LogP contribution >= 0.6 is 0 Å². The quantitative estimate of drug-likeness (QED) is 0.407. The molecule has 3 aromatic carbocycles. The molecule has 5 nitrogen and oxygen atoms in total. The summed E-state index contributed by atoms with van der Waals surface area (Å²) >= 11 is 0. The summed E-state index contributed by atoms with van der Waals surface area (Å²) in [6.07, 6.45) is 2.66. The lowest BCUT2D eigenvalue weighted by molar-refractivity contribution is -0.137. The van der Waals surface area contributed by atoms with Crippen molar-refractivity contribution in [2.75, 3.05) is 33.9 Å². The average Bonchev–Trinajstić information content (AvgIpc) is 2.92. The van der Waals surface area contributed by atoms with Crippen LogP contribution in [0.15, 0.2) is 78.9 Å². The third kappa shape index (κ3) is 6.86. The van der Waals surface area contributed by atoms with Crippen LogP contribution in [0.2, 0.25) is 0 Å². The zero-order valence-corrected chi connectivity index (χ0v) is 20.9. The van der Waals surface area contributed by atoms with Crippen LogP contribution in [0, 0.1) is 5.92 Å². The van der Waals surface area contributed by atoms with E-state index in [9.17, 15) is 4.79 Å². The summed E-state index contributed by atoms with van der Waals surface area (Å²) < 4.78 is 10.8. The fourth-order valence-electron chi connectivity index (χ4n) is 4.81. The first-order valence-corrected chi connectivity index (χ1v) is 12.5. The molecule has 1 heterocycles. The molecule has 1 amide bonds. The number of methoxy groups -OCH3 is 2. The highest BCUT2D eigenvalue weighted by Gasteiger charge is 2.28. The Hall–Kier alpha value is -3.31. The Morgan fingerprint density at radius 3 is 2.09 bits per heavy atom. The molecule has 1 fully saturated rings. The number of hydrogen-bond donors (Lipinski definition) is 0. The second-order valence-electron chi connectivity index (χ2n) is 9.22. The van der Waals surface area contributed by atoms with E-state index in [0.29, 0.717) is 6.54 Å². The van der Waals surface area contributed by atoms with Crippen LogP contribution in [0.1, 0.15) is 29.5 Å². The van der Waals surface area contributed by atoms with Crippen molar-refractivity contribution in [1.29, 1.82) is 0 Å². The maximum Gasteiger partial charge on any atom is 0.226 e. The summed E-state index contributed by atoms with van der Waals surface area (Å²) in [7, 11) is 3.32. The number of likely N-dealkylation sites (tertiary alicyclic amines) is 1. The lowest BCUT2D eigenvalue weighted by Crippen LogP contribution is -2.42. The molecule has 5 heteroatoms. The number of hydrogen-bond acceptors (Lipinski definition) is 4. The molecule has 0 N–H and O–H groups in total. The number of amides is 1. The van der Waals surface area contributed by atoms with Gasteiger partial charge < -0.3 is 14.4 Å². The monoisotopic (exact) mass is 472 g/mol. The van der Waals surface area contributed by atoms with Crippen LogP contribution in [0.5, 0.6) is 11.5 Å². The van der Waals surface area contributed by atoms with E-state index in [4.69, 9.17) is 9.47 Å². The molecule has 1 aliphatic heterocycles. The fraction of sp³-hybridized carbons (Fsp3) is 0.367. The Labute approximate surface area is 209 Å². The molecule has 0 unspecified atom stereocenters. The number of ether oxygens (including phenoxy) is 2. The SMILES string of the molecule is COc1ccc(CN2CCC(C(=O)N(CCc3ccccc3)Cc3ccccc3)CC2)cc1OC. The van der Waals surface area contributed by atoms with E-state index < -0.39 is 0 Å². The molecule has 1 saturated heterocycles. The van der Waals surface area contributed by atoms with E-state index in [2.05, 4.69) is 52.3 Å². The van der Waals surface area contributed by atoms with Gasteiger partial charge in [0.1, 0.15) is 0 Å². The van der Waals surface area contributed by atoms with Gasteiger partial charge >= 0.3 is 0 Å². The summed E-state index contributed by atoms with van der Waals surface area (Å²) in [5.74, 6) is 1.87. The van der Waals surface area contributed by atoms with Crippen molar-refractivity contribution < 1.29 is 14.3 Å². The predicted molar refractivity (Wildman–Crippen MR) is 140 cm³/mol. The molecule has 0 spiro atoms. The Kier molecular flexibility index (Phi) is 8.79. The summed E-state index contributed by atoms with van der Waals surface area (Å²) in [4.78, 5) is 18.1. The standard InChI is InChI=1S/C30H36N2O3/c1-34-28-14-13-26(21-29(28)35-2)22-31-18-16-27(17-19-31)30(33)32(23-25-11-7-4-8-12-25)20-15-24-9-5-3-6-10-24/h3-14,21,27H,15-20,22-23H2,1-2H3. The fourth-order valence-corrected chi connectivity index (χ4v) is 4.81. The molecule has 184 valence electrons. The summed E-state index contributed by atoms with van der Waals surface area (Å²) in [6, 6.07) is 26.8. The van der Waals surface area contributed by atoms with Gasteiger partial charge in [0.05, 0.1) is 14.2 Å². The van der Waals surface area contributed by atoms with Crippen molar-refractivity contribution >= 4 is 5.91 Å². The zero-order valence-electron chi connectivity index (χ0n) is 20.9. The van der Waals surface area contributed by atoms with Gasteiger partial charge in [0.2, 0.25) is 5.91 Å². The van der Waals surface area contributed by atoms with E-state index in [1.165, 1.54) is 16.7 Å². The van der Waals surface area contributed by atoms with Crippen molar-refractivity contribution in [2.45, 2.75) is 32.4 Å². The molecule has 0 aliphatic carbocycles. The molecule has 3 aromatic rings. The minimum Gasteiger partial charge on any atom is -0.493 e. The van der Waals surface area contributed by atoms with E-state index in [-0.39, 0.29) is 11.8 Å². The van der Waals surface area contributed by atoms with Gasteiger partial charge in [-0.25, -0.2) is 0 Å². The Morgan fingerprint density at radius 2 is 1.46 bits per heavy atom. The first-order chi connectivity index (χ1) is 17.2. The third-order valence-electron chi connectivity index (χ3n) is 6.83. The smallest absolute Gasteiger partial charge is 0.226 e. The van der Waals surface area contributed by atoms with Crippen LogP contribution in [0.4, 0.5) is 0 Å². The zero-order chi connectivity index (χ0) is 24.5. The topological polar surface area (TPSA) is 42.0 Å². The van der Waals surface area contributed by atoms with Gasteiger partial charge in [-0.15, -0.1) is 0 Å². The summed E-state index contributed by atoms with van der Waals surface area (Å²) in [5, 5.41) is 0. The number of carbonyl (C=O) groups excluding carboxylic acids is 1. The minimum atomic E-state index is 0.0798. The molecule has 4 rings (SSSR count). The normalized spacial score (nSPS) is 14.5. The Bertz CT molecular complexity index is 1060. The predicted octanol–water partition coefficient (Wildman–Crippen LogP) is 5.19. The van der Waals surface area contributed by atoms with Crippen LogP contribution in [-0.2, 0) is 24.3 Å². The first-order valence-electron chi connectivity index (χ1n) is 12.5. The number of rotatable bonds is 10. The maximum atomic E-state index is 13.6. The van der Waals surface area contributed by atoms with E-state index in [1.54, 1.807) is 14.2 Å². The largest absolute Gasteiger partial charge is 0.493 e. The maximum absolute atomic E-state index is 13.6. The highest BCUT2D eigenvalue weighted by molar-refractivity contribution is 5.79. The lowest BCUT2D eigenvalue weighted by Gasteiger charge is -2.34. The number of carbonyl (C=O) groups is 1. The van der Waals surface area contributed by atoms with Crippen LogP contribution < -0.4 is 9.47 Å². The van der Waals surface area contributed by atoms with Gasteiger partial charge in [-0.05, 0) is 61.2 Å². The lowest BCUT2D eigenvalue weighted by atomic mass is 9.94. The highest BCUT2D eigenvalue weighted by Crippen LogP contribution is 2.29. The van der Waals surface area contributed by atoms with Crippen molar-refractivity contribution in [3.63, 3.8) is 0 Å². The summed E-state index contributed by atoms with van der Waals surface area (Å²) in [5.41, 5.74) is 3.64. The van der Waals surface area contributed by atoms with Gasteiger partial charge in [0.25, 0.3) is 0 Å². The molecule has 0 aromatic heterocycles. The first kappa shape index (κ1) is 24.8. The van der Waals surface area contributed by atoms with Crippen molar-refractivity contribution in [1.82, 2.24) is 9.80 Å². The summed E-state index contributed by atoms with van der Waals surface area (Å²) in [6.45, 7) is 4.09. The molecule has 1 aliphatic rings. The van der Waals surface area contributed by atoms with Crippen LogP contribution in [-0.4, -0.2) is 49.6 Å². The Balaban J connectivity index is 1.36. The molecule has 35 heavy (non-hydrogen) atoms. The van der Waals surface area contributed by atoms with Gasteiger partial charge in [-0.3, -0.25) is 9.69 Å². The van der Waals surface area contributed by atoms with Crippen LogP contribution in [0.3, 0.4) is 0 Å². The van der Waals surface area contributed by atoms with E-state index in [1.807, 2.05) is 36.4 Å². The van der Waals surface area contributed by atoms with Crippen LogP contribution in [0.25, 0.3) is 0 Å². The molecular weight excluding hydrogens is 436 g/mol. The van der Waals surface area contributed by atoms with Crippen molar-refractivity contribution in [3.05, 3.63) is 95.6 Å². The number of piperidine rings is 1. The van der Waals surface area contributed by atoms with Crippen molar-refractivity contribution in [2.24, 2.45) is 5.92 Å². The second-order valence-corrected chi connectivity index (χ2v) is 9.22. The van der Waals surface area contributed by atoms with E-state index >= 15 is 0 Å².